The summed E-state index contributed by atoms with van der Waals surface area (Å²) in [5.41, 5.74) is 0.353. The minimum atomic E-state index is -3.50. The third-order valence-corrected chi connectivity index (χ3v) is 4.27. The Hall–Kier alpha value is -2.67. The van der Waals surface area contributed by atoms with E-state index in [2.05, 4.69) is 10.1 Å². The molecule has 0 aliphatic carbocycles. The highest BCUT2D eigenvalue weighted by atomic mass is 32.2. The molecule has 0 saturated carbocycles. The van der Waals surface area contributed by atoms with Crippen LogP contribution in [0.4, 0.5) is 5.69 Å². The molecule has 0 aliphatic heterocycles. The summed E-state index contributed by atoms with van der Waals surface area (Å²) in [6.07, 6.45) is 1.06. The van der Waals surface area contributed by atoms with Crippen molar-refractivity contribution in [3.63, 3.8) is 0 Å². The zero-order valence-electron chi connectivity index (χ0n) is 12.6. The quantitative estimate of drug-likeness (QED) is 0.866. The van der Waals surface area contributed by atoms with Gasteiger partial charge in [0.25, 0.3) is 5.91 Å². The Bertz CT molecular complexity index is 858. The van der Waals surface area contributed by atoms with E-state index in [-0.39, 0.29) is 21.7 Å². The van der Waals surface area contributed by atoms with Crippen LogP contribution in [0.5, 0.6) is 0 Å². The normalized spacial score (nSPS) is 10.9. The summed E-state index contributed by atoms with van der Waals surface area (Å²) >= 11 is 0. The first kappa shape index (κ1) is 16.7. The lowest BCUT2D eigenvalue weighted by Gasteiger charge is -2.11. The minimum absolute atomic E-state index is 0.00361. The molecule has 0 unspecified atom stereocenters. The number of para-hydroxylation sites is 1. The van der Waals surface area contributed by atoms with E-state index >= 15 is 0 Å². The van der Waals surface area contributed by atoms with Crippen LogP contribution in [0.25, 0.3) is 0 Å². The molecule has 1 amide bonds. The molecule has 0 saturated heterocycles. The second-order valence-corrected chi connectivity index (χ2v) is 6.74. The van der Waals surface area contributed by atoms with E-state index in [0.717, 1.165) is 6.26 Å². The lowest BCUT2D eigenvalue weighted by Crippen LogP contribution is -2.18. The smallest absolute Gasteiger partial charge is 0.338 e. The molecule has 7 heteroatoms. The van der Waals surface area contributed by atoms with Gasteiger partial charge in [0.2, 0.25) is 0 Å². The summed E-state index contributed by atoms with van der Waals surface area (Å²) in [7, 11) is -2.28. The van der Waals surface area contributed by atoms with E-state index in [9.17, 15) is 18.0 Å². The van der Waals surface area contributed by atoms with Gasteiger partial charge < -0.3 is 10.1 Å². The molecule has 2 aromatic rings. The second kappa shape index (κ2) is 6.62. The Morgan fingerprint density at radius 2 is 1.52 bits per heavy atom. The number of esters is 1. The van der Waals surface area contributed by atoms with E-state index in [1.54, 1.807) is 24.3 Å². The van der Waals surface area contributed by atoms with E-state index in [4.69, 9.17) is 0 Å². The van der Waals surface area contributed by atoms with Crippen molar-refractivity contribution in [1.82, 2.24) is 0 Å². The Kier molecular flexibility index (Phi) is 4.80. The highest BCUT2D eigenvalue weighted by Crippen LogP contribution is 2.22. The van der Waals surface area contributed by atoms with E-state index in [1.807, 2.05) is 0 Å². The zero-order valence-corrected chi connectivity index (χ0v) is 13.4. The fourth-order valence-electron chi connectivity index (χ4n) is 2.05. The van der Waals surface area contributed by atoms with Gasteiger partial charge in [0.15, 0.2) is 9.84 Å². The number of methoxy groups -OCH3 is 1. The molecule has 0 spiro atoms. The van der Waals surface area contributed by atoms with Crippen molar-refractivity contribution in [3.8, 4) is 0 Å². The predicted octanol–water partition coefficient (Wildman–Crippen LogP) is 2.13. The van der Waals surface area contributed by atoms with Gasteiger partial charge >= 0.3 is 5.97 Å². The number of carbonyl (C=O) groups is 2. The monoisotopic (exact) mass is 333 g/mol. The molecule has 0 radical (unpaired) electrons. The van der Waals surface area contributed by atoms with E-state index in [0.29, 0.717) is 0 Å². The minimum Gasteiger partial charge on any atom is -0.465 e. The molecular weight excluding hydrogens is 318 g/mol. The molecule has 0 fully saturated rings. The largest absolute Gasteiger partial charge is 0.465 e. The molecular formula is C16H15NO5S. The van der Waals surface area contributed by atoms with Crippen LogP contribution < -0.4 is 5.32 Å². The van der Waals surface area contributed by atoms with Crippen LogP contribution in [-0.4, -0.2) is 33.7 Å². The third-order valence-electron chi connectivity index (χ3n) is 3.11. The molecule has 0 bridgehead atoms. The standard InChI is InChI=1S/C16H15NO5S/c1-22-16(19)12-8-4-3-7-11(12)15(18)17-13-9-5-6-10-14(13)23(2,20)21/h3-10H,1-2H3,(H,17,18). The van der Waals surface area contributed by atoms with Gasteiger partial charge in [-0.25, -0.2) is 13.2 Å². The summed E-state index contributed by atoms with van der Waals surface area (Å²) in [6, 6.07) is 12.2. The molecule has 120 valence electrons. The molecule has 2 aromatic carbocycles. The molecule has 6 nitrogen and oxygen atoms in total. The van der Waals surface area contributed by atoms with Crippen molar-refractivity contribution >= 4 is 27.4 Å². The van der Waals surface area contributed by atoms with Crippen molar-refractivity contribution < 1.29 is 22.7 Å². The highest BCUT2D eigenvalue weighted by Gasteiger charge is 2.19. The maximum absolute atomic E-state index is 12.4. The van der Waals surface area contributed by atoms with E-state index in [1.165, 1.54) is 31.4 Å². The van der Waals surface area contributed by atoms with Gasteiger partial charge in [0, 0.05) is 6.26 Å². The maximum Gasteiger partial charge on any atom is 0.338 e. The van der Waals surface area contributed by atoms with Gasteiger partial charge in [0.05, 0.1) is 28.8 Å². The fourth-order valence-corrected chi connectivity index (χ4v) is 2.90. The topological polar surface area (TPSA) is 89.5 Å². The van der Waals surface area contributed by atoms with Crippen LogP contribution in [0.3, 0.4) is 0 Å². The number of ether oxygens (including phenoxy) is 1. The third kappa shape index (κ3) is 3.75. The molecule has 23 heavy (non-hydrogen) atoms. The van der Waals surface area contributed by atoms with Gasteiger partial charge in [-0.2, -0.15) is 0 Å². The van der Waals surface area contributed by atoms with E-state index < -0.39 is 21.7 Å². The summed E-state index contributed by atoms with van der Waals surface area (Å²) in [4.78, 5) is 24.1. The summed E-state index contributed by atoms with van der Waals surface area (Å²) in [5, 5.41) is 2.53. The van der Waals surface area contributed by atoms with Gasteiger partial charge in [-0.15, -0.1) is 0 Å². The molecule has 0 atom stereocenters. The second-order valence-electron chi connectivity index (χ2n) is 4.76. The summed E-state index contributed by atoms with van der Waals surface area (Å²) < 4.78 is 28.2. The number of anilines is 1. The van der Waals surface area contributed by atoms with Crippen LogP contribution in [0.2, 0.25) is 0 Å². The van der Waals surface area contributed by atoms with Gasteiger partial charge in [-0.05, 0) is 24.3 Å². The molecule has 0 aromatic heterocycles. The number of nitrogens with one attached hydrogen (secondary N) is 1. The Labute approximate surface area is 134 Å². The Balaban J connectivity index is 2.41. The number of benzene rings is 2. The number of hydrogen-bond acceptors (Lipinski definition) is 5. The molecule has 0 heterocycles. The van der Waals surface area contributed by atoms with Crippen LogP contribution in [-0.2, 0) is 14.6 Å². The zero-order chi connectivity index (χ0) is 17.0. The van der Waals surface area contributed by atoms with Gasteiger partial charge in [0.1, 0.15) is 0 Å². The van der Waals surface area contributed by atoms with Crippen molar-refractivity contribution in [3.05, 3.63) is 59.7 Å². The van der Waals surface area contributed by atoms with Crippen molar-refractivity contribution in [2.75, 3.05) is 18.7 Å². The van der Waals surface area contributed by atoms with Crippen LogP contribution in [0.1, 0.15) is 20.7 Å². The first-order valence-electron chi connectivity index (χ1n) is 6.62. The van der Waals surface area contributed by atoms with Crippen molar-refractivity contribution in [1.29, 1.82) is 0 Å². The molecule has 0 aliphatic rings. The first-order chi connectivity index (χ1) is 10.8. The number of sulfone groups is 1. The highest BCUT2D eigenvalue weighted by molar-refractivity contribution is 7.90. The average molecular weight is 333 g/mol. The van der Waals surface area contributed by atoms with Crippen molar-refractivity contribution in [2.24, 2.45) is 0 Å². The SMILES string of the molecule is COC(=O)c1ccccc1C(=O)Nc1ccccc1S(C)(=O)=O. The number of carbonyl (C=O) groups excluding carboxylic acids is 2. The van der Waals surface area contributed by atoms with Crippen molar-refractivity contribution in [2.45, 2.75) is 4.90 Å². The molecule has 2 rings (SSSR count). The lowest BCUT2D eigenvalue weighted by atomic mass is 10.1. The maximum atomic E-state index is 12.4. The fraction of sp³-hybridized carbons (Fsp3) is 0.125. The lowest BCUT2D eigenvalue weighted by molar-refractivity contribution is 0.0597. The van der Waals surface area contributed by atoms with Gasteiger partial charge in [-0.1, -0.05) is 24.3 Å². The summed E-state index contributed by atoms with van der Waals surface area (Å²) in [5.74, 6) is -1.24. The summed E-state index contributed by atoms with van der Waals surface area (Å²) in [6.45, 7) is 0. The number of rotatable bonds is 4. The van der Waals surface area contributed by atoms with Gasteiger partial charge in [-0.3, -0.25) is 4.79 Å². The molecule has 1 N–H and O–H groups in total. The Morgan fingerprint density at radius 1 is 0.957 bits per heavy atom. The Morgan fingerprint density at radius 3 is 2.13 bits per heavy atom. The number of hydrogen-bond donors (Lipinski definition) is 1. The predicted molar refractivity (Wildman–Crippen MR) is 85.3 cm³/mol. The van der Waals surface area contributed by atoms with Crippen LogP contribution >= 0.6 is 0 Å². The van der Waals surface area contributed by atoms with Crippen LogP contribution in [0.15, 0.2) is 53.4 Å². The van der Waals surface area contributed by atoms with Crippen LogP contribution in [0, 0.1) is 0 Å². The first-order valence-corrected chi connectivity index (χ1v) is 8.51. The number of amides is 1. The average Bonchev–Trinajstić information content (AvgIpc) is 2.53.